The average Bonchev–Trinajstić information content (AvgIpc) is 3.23. The predicted octanol–water partition coefficient (Wildman–Crippen LogP) is 7.88. The molecular formula is C27H17BrO3. The van der Waals surface area contributed by atoms with E-state index in [1.807, 2.05) is 54.6 Å². The number of aromatic carboxylic acids is 1. The lowest BCUT2D eigenvalue weighted by Crippen LogP contribution is -1.95. The van der Waals surface area contributed by atoms with Gasteiger partial charge in [-0.3, -0.25) is 0 Å². The molecule has 0 saturated carbocycles. The van der Waals surface area contributed by atoms with Crippen molar-refractivity contribution in [2.75, 3.05) is 0 Å². The van der Waals surface area contributed by atoms with Crippen molar-refractivity contribution in [1.82, 2.24) is 0 Å². The summed E-state index contributed by atoms with van der Waals surface area (Å²) < 4.78 is 6.85. The van der Waals surface area contributed by atoms with Crippen molar-refractivity contribution in [2.24, 2.45) is 0 Å². The lowest BCUT2D eigenvalue weighted by Gasteiger charge is -2.01. The number of hydrogen-bond acceptors (Lipinski definition) is 2. The molecule has 3 nitrogen and oxygen atoms in total. The van der Waals surface area contributed by atoms with E-state index >= 15 is 0 Å². The first kappa shape index (κ1) is 19.3. The molecular weight excluding hydrogens is 452 g/mol. The molecule has 0 aliphatic carbocycles. The van der Waals surface area contributed by atoms with E-state index in [1.54, 1.807) is 18.2 Å². The van der Waals surface area contributed by atoms with E-state index in [4.69, 9.17) is 9.52 Å². The molecule has 31 heavy (non-hydrogen) atoms. The first-order valence-electron chi connectivity index (χ1n) is 9.81. The molecule has 0 bridgehead atoms. The summed E-state index contributed by atoms with van der Waals surface area (Å²) in [5.41, 5.74) is 4.11. The van der Waals surface area contributed by atoms with E-state index in [0.29, 0.717) is 0 Å². The van der Waals surface area contributed by atoms with Crippen molar-refractivity contribution in [3.63, 3.8) is 0 Å². The van der Waals surface area contributed by atoms with Gasteiger partial charge in [0.15, 0.2) is 0 Å². The average molecular weight is 469 g/mol. The van der Waals surface area contributed by atoms with Crippen molar-refractivity contribution in [3.8, 4) is 11.3 Å². The van der Waals surface area contributed by atoms with Crippen molar-refractivity contribution in [2.45, 2.75) is 0 Å². The molecule has 0 radical (unpaired) electrons. The highest BCUT2D eigenvalue weighted by Gasteiger charge is 2.09. The second kappa shape index (κ2) is 7.89. The molecule has 1 N–H and O–H groups in total. The summed E-state index contributed by atoms with van der Waals surface area (Å²) in [6.07, 6.45) is 3.95. The first-order chi connectivity index (χ1) is 15.1. The fourth-order valence-electron chi connectivity index (χ4n) is 3.67. The highest BCUT2D eigenvalue weighted by molar-refractivity contribution is 9.10. The van der Waals surface area contributed by atoms with E-state index in [9.17, 15) is 4.79 Å². The Morgan fingerprint density at radius 1 is 0.839 bits per heavy atom. The van der Waals surface area contributed by atoms with Crippen LogP contribution in [0.2, 0.25) is 0 Å². The lowest BCUT2D eigenvalue weighted by molar-refractivity contribution is 0.0697. The predicted molar refractivity (Wildman–Crippen MR) is 129 cm³/mol. The summed E-state index contributed by atoms with van der Waals surface area (Å²) in [7, 11) is 0. The lowest BCUT2D eigenvalue weighted by atomic mass is 10.1. The van der Waals surface area contributed by atoms with E-state index < -0.39 is 5.97 Å². The third kappa shape index (κ3) is 3.78. The third-order valence-electron chi connectivity index (χ3n) is 5.32. The van der Waals surface area contributed by atoms with Gasteiger partial charge in [-0.25, -0.2) is 4.79 Å². The number of benzene rings is 4. The fourth-order valence-corrected chi connectivity index (χ4v) is 4.19. The van der Waals surface area contributed by atoms with Crippen molar-refractivity contribution >= 4 is 55.8 Å². The van der Waals surface area contributed by atoms with Crippen molar-refractivity contribution in [1.29, 1.82) is 0 Å². The largest absolute Gasteiger partial charge is 0.478 e. The van der Waals surface area contributed by atoms with E-state index in [-0.39, 0.29) is 5.56 Å². The molecule has 4 aromatic carbocycles. The van der Waals surface area contributed by atoms with Gasteiger partial charge in [-0.05, 0) is 46.2 Å². The molecule has 0 fully saturated rings. The molecule has 1 heterocycles. The zero-order chi connectivity index (χ0) is 21.4. The van der Waals surface area contributed by atoms with E-state index in [1.165, 1.54) is 10.8 Å². The number of carboxylic acids is 1. The van der Waals surface area contributed by atoms with Crippen LogP contribution in [-0.2, 0) is 0 Å². The standard InChI is InChI=1S/C27H17BrO3/c28-24-15-21(27(29)30)12-11-19(24)8-5-17-6-9-20(10-7-17)26-16-23-22-4-2-1-3-18(22)13-14-25(23)31-26/h1-16H,(H,29,30). The minimum atomic E-state index is -0.939. The molecule has 5 rings (SSSR count). The van der Waals surface area contributed by atoms with Crippen LogP contribution in [0.25, 0.3) is 45.2 Å². The van der Waals surface area contributed by atoms with Crippen LogP contribution in [0, 0.1) is 0 Å². The van der Waals surface area contributed by atoms with Crippen LogP contribution in [0.5, 0.6) is 0 Å². The maximum absolute atomic E-state index is 11.1. The van der Waals surface area contributed by atoms with Gasteiger partial charge in [0, 0.05) is 15.4 Å². The number of halogens is 1. The molecule has 0 aliphatic heterocycles. The Balaban J connectivity index is 1.42. The van der Waals surface area contributed by atoms with Gasteiger partial charge < -0.3 is 9.52 Å². The van der Waals surface area contributed by atoms with Gasteiger partial charge in [-0.15, -0.1) is 0 Å². The summed E-state index contributed by atoms with van der Waals surface area (Å²) in [5.74, 6) is -0.0979. The summed E-state index contributed by atoms with van der Waals surface area (Å²) >= 11 is 3.44. The molecule has 0 amide bonds. The zero-order valence-corrected chi connectivity index (χ0v) is 18.0. The van der Waals surface area contributed by atoms with Crippen LogP contribution in [0.3, 0.4) is 0 Å². The van der Waals surface area contributed by atoms with Crippen LogP contribution in [-0.4, -0.2) is 11.1 Å². The van der Waals surface area contributed by atoms with Crippen LogP contribution in [0.4, 0.5) is 0 Å². The van der Waals surface area contributed by atoms with Crippen LogP contribution < -0.4 is 0 Å². The van der Waals surface area contributed by atoms with Gasteiger partial charge in [-0.1, -0.05) is 88.7 Å². The summed E-state index contributed by atoms with van der Waals surface area (Å²) in [6, 6.07) is 27.7. The van der Waals surface area contributed by atoms with Crippen LogP contribution in [0.15, 0.2) is 93.8 Å². The number of hydrogen-bond donors (Lipinski definition) is 1. The van der Waals surface area contributed by atoms with Crippen LogP contribution >= 0.6 is 15.9 Å². The quantitative estimate of drug-likeness (QED) is 0.273. The Hall–Kier alpha value is -3.63. The van der Waals surface area contributed by atoms with Gasteiger partial charge in [-0.2, -0.15) is 0 Å². The Morgan fingerprint density at radius 3 is 2.42 bits per heavy atom. The summed E-state index contributed by atoms with van der Waals surface area (Å²) in [4.78, 5) is 11.1. The number of rotatable bonds is 4. The Labute approximate surface area is 187 Å². The molecule has 0 spiro atoms. The van der Waals surface area contributed by atoms with E-state index in [0.717, 1.165) is 37.9 Å². The molecule has 0 atom stereocenters. The third-order valence-corrected chi connectivity index (χ3v) is 6.01. The van der Waals surface area contributed by atoms with Gasteiger partial charge in [0.1, 0.15) is 11.3 Å². The normalized spacial score (nSPS) is 11.5. The number of carbonyl (C=O) groups is 1. The van der Waals surface area contributed by atoms with Gasteiger partial charge in [0.25, 0.3) is 0 Å². The van der Waals surface area contributed by atoms with Gasteiger partial charge >= 0.3 is 5.97 Å². The highest BCUT2D eigenvalue weighted by Crippen LogP contribution is 2.33. The molecule has 4 heteroatoms. The SMILES string of the molecule is O=C(O)c1ccc(C=Cc2ccc(-c3cc4c(ccc5ccccc54)o3)cc2)c(Br)c1. The highest BCUT2D eigenvalue weighted by atomic mass is 79.9. The maximum atomic E-state index is 11.1. The molecule has 5 aromatic rings. The number of furan rings is 1. The minimum Gasteiger partial charge on any atom is -0.478 e. The second-order valence-electron chi connectivity index (χ2n) is 7.31. The fraction of sp³-hybridized carbons (Fsp3) is 0. The number of fused-ring (bicyclic) bond motifs is 3. The first-order valence-corrected chi connectivity index (χ1v) is 10.6. The monoisotopic (exact) mass is 468 g/mol. The zero-order valence-electron chi connectivity index (χ0n) is 16.4. The molecule has 0 unspecified atom stereocenters. The second-order valence-corrected chi connectivity index (χ2v) is 8.16. The molecule has 1 aromatic heterocycles. The smallest absolute Gasteiger partial charge is 0.335 e. The minimum absolute atomic E-state index is 0.256. The van der Waals surface area contributed by atoms with Gasteiger partial charge in [0.05, 0.1) is 5.56 Å². The number of carboxylic acid groups (broad SMARTS) is 1. The van der Waals surface area contributed by atoms with Crippen molar-refractivity contribution < 1.29 is 14.3 Å². The topological polar surface area (TPSA) is 50.4 Å². The maximum Gasteiger partial charge on any atom is 0.335 e. The Morgan fingerprint density at radius 2 is 1.65 bits per heavy atom. The summed E-state index contributed by atoms with van der Waals surface area (Å²) in [5, 5.41) is 12.6. The summed E-state index contributed by atoms with van der Waals surface area (Å²) in [6.45, 7) is 0. The molecule has 0 saturated heterocycles. The molecule has 150 valence electrons. The van der Waals surface area contributed by atoms with Gasteiger partial charge in [0.2, 0.25) is 0 Å². The Kier molecular flexibility index (Phi) is 4.92. The Bertz CT molecular complexity index is 1460. The van der Waals surface area contributed by atoms with Crippen LogP contribution in [0.1, 0.15) is 21.5 Å². The molecule has 0 aliphatic rings. The van der Waals surface area contributed by atoms with E-state index in [2.05, 4.69) is 40.2 Å². The van der Waals surface area contributed by atoms with Crippen molar-refractivity contribution in [3.05, 3.63) is 106 Å².